The van der Waals surface area contributed by atoms with Crippen LogP contribution in [0.5, 0.6) is 0 Å². The van der Waals surface area contributed by atoms with Gasteiger partial charge in [-0.3, -0.25) is 9.59 Å². The highest BCUT2D eigenvalue weighted by Crippen LogP contribution is 2.22. The molecular weight excluding hydrogens is 254 g/mol. The lowest BCUT2D eigenvalue weighted by atomic mass is 10.1. The maximum Gasteiger partial charge on any atom is 0.305 e. The number of aryl methyl sites for hydroxylation is 1. The summed E-state index contributed by atoms with van der Waals surface area (Å²) in [5.74, 6) is -0.110. The zero-order chi connectivity index (χ0) is 14.5. The van der Waals surface area contributed by atoms with E-state index in [0.717, 1.165) is 16.5 Å². The highest BCUT2D eigenvalue weighted by Gasteiger charge is 2.11. The summed E-state index contributed by atoms with van der Waals surface area (Å²) < 4.78 is 6.94. The van der Waals surface area contributed by atoms with Gasteiger partial charge < -0.3 is 9.30 Å². The molecule has 0 unspecified atom stereocenters. The molecule has 4 nitrogen and oxygen atoms in total. The second-order valence-electron chi connectivity index (χ2n) is 4.72. The lowest BCUT2D eigenvalue weighted by Crippen LogP contribution is -2.06. The molecule has 0 aliphatic heterocycles. The summed E-state index contributed by atoms with van der Waals surface area (Å²) in [4.78, 5) is 23.0. The molecule has 2 aromatic rings. The summed E-state index contributed by atoms with van der Waals surface area (Å²) in [5.41, 5.74) is 1.76. The van der Waals surface area contributed by atoms with Gasteiger partial charge in [-0.15, -0.1) is 0 Å². The van der Waals surface area contributed by atoms with Crippen molar-refractivity contribution in [1.82, 2.24) is 4.57 Å². The van der Waals surface area contributed by atoms with Crippen molar-refractivity contribution in [1.29, 1.82) is 0 Å². The Morgan fingerprint density at radius 3 is 2.70 bits per heavy atom. The monoisotopic (exact) mass is 273 g/mol. The van der Waals surface area contributed by atoms with E-state index in [0.29, 0.717) is 26.0 Å². The molecule has 20 heavy (non-hydrogen) atoms. The fourth-order valence-corrected chi connectivity index (χ4v) is 2.34. The number of hydrogen-bond donors (Lipinski definition) is 0. The minimum atomic E-state index is -0.171. The Balaban J connectivity index is 2.14. The summed E-state index contributed by atoms with van der Waals surface area (Å²) in [7, 11) is 0. The quantitative estimate of drug-likeness (QED) is 0.600. The van der Waals surface area contributed by atoms with Crippen LogP contribution in [0.3, 0.4) is 0 Å². The summed E-state index contributed by atoms with van der Waals surface area (Å²) in [6.45, 7) is 4.49. The number of Topliss-reactive ketones (excluding diaryl/α,β-unsaturated/α-hetero) is 1. The van der Waals surface area contributed by atoms with Crippen molar-refractivity contribution in [2.45, 2.75) is 33.2 Å². The standard InChI is InChI=1S/C16H19NO3/c1-3-20-16(19)9-6-10-17-11-14(12(2)18)13-7-4-5-8-15(13)17/h4-5,7-8,11H,3,6,9-10H2,1-2H3. The first-order valence-electron chi connectivity index (χ1n) is 6.88. The summed E-state index contributed by atoms with van der Waals surface area (Å²) in [6, 6.07) is 7.83. The van der Waals surface area contributed by atoms with E-state index in [9.17, 15) is 9.59 Å². The lowest BCUT2D eigenvalue weighted by Gasteiger charge is -2.05. The van der Waals surface area contributed by atoms with Gasteiger partial charge in [0, 0.05) is 35.6 Å². The molecule has 0 fully saturated rings. The van der Waals surface area contributed by atoms with Crippen LogP contribution in [0.25, 0.3) is 10.9 Å². The topological polar surface area (TPSA) is 48.3 Å². The molecule has 0 saturated carbocycles. The number of hydrogen-bond acceptors (Lipinski definition) is 3. The first kappa shape index (κ1) is 14.3. The van der Waals surface area contributed by atoms with Crippen LogP contribution < -0.4 is 0 Å². The van der Waals surface area contributed by atoms with Crippen LogP contribution in [0.15, 0.2) is 30.5 Å². The Morgan fingerprint density at radius 1 is 1.25 bits per heavy atom. The van der Waals surface area contributed by atoms with Crippen LogP contribution in [-0.2, 0) is 16.1 Å². The molecule has 0 amide bonds. The Labute approximate surface area is 118 Å². The van der Waals surface area contributed by atoms with Gasteiger partial charge in [0.25, 0.3) is 0 Å². The van der Waals surface area contributed by atoms with E-state index in [1.54, 1.807) is 13.8 Å². The van der Waals surface area contributed by atoms with Crippen molar-refractivity contribution in [3.63, 3.8) is 0 Å². The molecule has 1 aromatic heterocycles. The fourth-order valence-electron chi connectivity index (χ4n) is 2.34. The molecule has 0 aliphatic carbocycles. The van der Waals surface area contributed by atoms with Gasteiger partial charge >= 0.3 is 5.97 Å². The number of fused-ring (bicyclic) bond motifs is 1. The number of para-hydroxylation sites is 1. The number of ether oxygens (including phenoxy) is 1. The first-order valence-corrected chi connectivity index (χ1v) is 6.88. The van der Waals surface area contributed by atoms with Crippen LogP contribution >= 0.6 is 0 Å². The zero-order valence-corrected chi connectivity index (χ0v) is 11.9. The average molecular weight is 273 g/mol. The Hall–Kier alpha value is -2.10. The predicted octanol–water partition coefficient (Wildman–Crippen LogP) is 3.19. The molecule has 0 atom stereocenters. The van der Waals surface area contributed by atoms with E-state index in [-0.39, 0.29) is 11.8 Å². The molecule has 0 aliphatic rings. The van der Waals surface area contributed by atoms with Crippen molar-refractivity contribution in [3.8, 4) is 0 Å². The van der Waals surface area contributed by atoms with Crippen LogP contribution in [0, 0.1) is 0 Å². The number of ketones is 1. The third-order valence-electron chi connectivity index (χ3n) is 3.25. The van der Waals surface area contributed by atoms with Crippen molar-refractivity contribution in [2.75, 3.05) is 6.61 Å². The highest BCUT2D eigenvalue weighted by atomic mass is 16.5. The van der Waals surface area contributed by atoms with Gasteiger partial charge in [0.2, 0.25) is 0 Å². The predicted molar refractivity (Wildman–Crippen MR) is 77.8 cm³/mol. The number of carbonyl (C=O) groups excluding carboxylic acids is 2. The summed E-state index contributed by atoms with van der Waals surface area (Å²) in [5, 5.41) is 0.969. The molecule has 4 heteroatoms. The minimum Gasteiger partial charge on any atom is -0.466 e. The smallest absolute Gasteiger partial charge is 0.305 e. The number of benzene rings is 1. The number of rotatable bonds is 6. The second kappa shape index (κ2) is 6.37. The number of aromatic nitrogens is 1. The average Bonchev–Trinajstić information content (AvgIpc) is 2.79. The normalized spacial score (nSPS) is 10.7. The number of nitrogens with zero attached hydrogens (tertiary/aromatic N) is 1. The molecule has 0 bridgehead atoms. The van der Waals surface area contributed by atoms with E-state index in [2.05, 4.69) is 0 Å². The van der Waals surface area contributed by atoms with E-state index in [1.807, 2.05) is 35.0 Å². The fraction of sp³-hybridized carbons (Fsp3) is 0.375. The van der Waals surface area contributed by atoms with Crippen LogP contribution in [0.1, 0.15) is 37.0 Å². The van der Waals surface area contributed by atoms with Gasteiger partial charge in [-0.05, 0) is 26.3 Å². The number of carbonyl (C=O) groups is 2. The maximum absolute atomic E-state index is 11.7. The molecule has 0 saturated heterocycles. The van der Waals surface area contributed by atoms with Crippen molar-refractivity contribution in [2.24, 2.45) is 0 Å². The van der Waals surface area contributed by atoms with Gasteiger partial charge in [-0.1, -0.05) is 18.2 Å². The van der Waals surface area contributed by atoms with Gasteiger partial charge in [-0.25, -0.2) is 0 Å². The molecule has 0 spiro atoms. The lowest BCUT2D eigenvalue weighted by molar-refractivity contribution is -0.143. The third-order valence-corrected chi connectivity index (χ3v) is 3.25. The summed E-state index contributed by atoms with van der Waals surface area (Å²) >= 11 is 0. The maximum atomic E-state index is 11.7. The van der Waals surface area contributed by atoms with Crippen LogP contribution in [-0.4, -0.2) is 22.9 Å². The SMILES string of the molecule is CCOC(=O)CCCn1cc(C(C)=O)c2ccccc21. The van der Waals surface area contributed by atoms with Crippen molar-refractivity contribution < 1.29 is 14.3 Å². The molecule has 2 rings (SSSR count). The minimum absolute atomic E-state index is 0.0605. The molecule has 106 valence electrons. The molecule has 1 aromatic carbocycles. The Bertz CT molecular complexity index is 628. The van der Waals surface area contributed by atoms with Crippen molar-refractivity contribution >= 4 is 22.7 Å². The van der Waals surface area contributed by atoms with E-state index >= 15 is 0 Å². The number of esters is 1. The molecular formula is C16H19NO3. The van der Waals surface area contributed by atoms with Crippen molar-refractivity contribution in [3.05, 3.63) is 36.0 Å². The molecule has 1 heterocycles. The third kappa shape index (κ3) is 3.07. The van der Waals surface area contributed by atoms with E-state index in [1.165, 1.54) is 0 Å². The Morgan fingerprint density at radius 2 is 2.00 bits per heavy atom. The highest BCUT2D eigenvalue weighted by molar-refractivity contribution is 6.06. The second-order valence-corrected chi connectivity index (χ2v) is 4.72. The molecule has 0 N–H and O–H groups in total. The largest absolute Gasteiger partial charge is 0.466 e. The van der Waals surface area contributed by atoms with Gasteiger partial charge in [0.15, 0.2) is 5.78 Å². The van der Waals surface area contributed by atoms with E-state index < -0.39 is 0 Å². The van der Waals surface area contributed by atoms with Crippen LogP contribution in [0.2, 0.25) is 0 Å². The van der Waals surface area contributed by atoms with E-state index in [4.69, 9.17) is 4.74 Å². The molecule has 0 radical (unpaired) electrons. The zero-order valence-electron chi connectivity index (χ0n) is 11.9. The Kier molecular flexibility index (Phi) is 4.56. The van der Waals surface area contributed by atoms with Gasteiger partial charge in [0.1, 0.15) is 0 Å². The summed E-state index contributed by atoms with van der Waals surface area (Å²) in [6.07, 6.45) is 2.97. The van der Waals surface area contributed by atoms with Gasteiger partial charge in [-0.2, -0.15) is 0 Å². The van der Waals surface area contributed by atoms with Gasteiger partial charge in [0.05, 0.1) is 6.61 Å². The first-order chi connectivity index (χ1) is 9.63. The van der Waals surface area contributed by atoms with Crippen LogP contribution in [0.4, 0.5) is 0 Å².